The van der Waals surface area contributed by atoms with Gasteiger partial charge in [-0.05, 0) is 18.2 Å². The minimum absolute atomic E-state index is 0.544. The van der Waals surface area contributed by atoms with Crippen LogP contribution in [0.1, 0.15) is 11.4 Å². The lowest BCUT2D eigenvalue weighted by Gasteiger charge is -2.04. The number of aromatic amines is 1. The number of nitrogens with one attached hydrogen (secondary N) is 1. The van der Waals surface area contributed by atoms with Gasteiger partial charge in [0.05, 0.1) is 18.2 Å². The average Bonchev–Trinajstić information content (AvgIpc) is 2.82. The highest BCUT2D eigenvalue weighted by Gasteiger charge is 1.98. The lowest BCUT2D eigenvalue weighted by molar-refractivity contribution is 0.319. The van der Waals surface area contributed by atoms with Gasteiger partial charge >= 0.3 is 0 Å². The van der Waals surface area contributed by atoms with Gasteiger partial charge in [0.1, 0.15) is 11.6 Å². The van der Waals surface area contributed by atoms with Crippen molar-refractivity contribution in [2.24, 2.45) is 0 Å². The molecule has 0 amide bonds. The van der Waals surface area contributed by atoms with E-state index in [2.05, 4.69) is 16.0 Å². The topological polar surface area (TPSA) is 61.7 Å². The maximum Gasteiger partial charge on any atom is 0.120 e. The molecule has 1 aromatic carbocycles. The molecule has 0 radical (unpaired) electrons. The van der Waals surface area contributed by atoms with Gasteiger partial charge in [-0.1, -0.05) is 6.07 Å². The number of imidazole rings is 1. The second-order valence-corrected chi connectivity index (χ2v) is 3.27. The van der Waals surface area contributed by atoms with Crippen molar-refractivity contribution in [2.75, 3.05) is 6.61 Å². The molecular weight excluding hydrogens is 202 g/mol. The van der Waals surface area contributed by atoms with Crippen molar-refractivity contribution in [3.05, 3.63) is 48.0 Å². The number of nitriles is 1. The zero-order valence-electron chi connectivity index (χ0n) is 8.68. The predicted octanol–water partition coefficient (Wildman–Crippen LogP) is 1.90. The molecule has 1 N–H and O–H groups in total. The number of hydrogen-bond donors (Lipinski definition) is 1. The fourth-order valence-electron chi connectivity index (χ4n) is 1.36. The molecule has 0 aliphatic heterocycles. The molecule has 0 atom stereocenters. The van der Waals surface area contributed by atoms with Gasteiger partial charge in [0.2, 0.25) is 0 Å². The maximum absolute atomic E-state index is 8.72. The first-order valence-electron chi connectivity index (χ1n) is 5.00. The van der Waals surface area contributed by atoms with Gasteiger partial charge in [-0.25, -0.2) is 4.98 Å². The van der Waals surface area contributed by atoms with E-state index in [0.29, 0.717) is 17.9 Å². The highest BCUT2D eigenvalue weighted by atomic mass is 16.5. The Balaban J connectivity index is 1.88. The summed E-state index contributed by atoms with van der Waals surface area (Å²) in [6.45, 7) is 0.544. The van der Waals surface area contributed by atoms with Gasteiger partial charge in [-0.3, -0.25) is 0 Å². The van der Waals surface area contributed by atoms with Crippen LogP contribution in [0.15, 0.2) is 36.7 Å². The van der Waals surface area contributed by atoms with Crippen molar-refractivity contribution in [3.63, 3.8) is 0 Å². The van der Waals surface area contributed by atoms with E-state index < -0.39 is 0 Å². The van der Waals surface area contributed by atoms with Gasteiger partial charge in [0.15, 0.2) is 0 Å². The maximum atomic E-state index is 8.72. The molecular formula is C12H11N3O. The van der Waals surface area contributed by atoms with Crippen molar-refractivity contribution in [1.29, 1.82) is 5.26 Å². The lowest BCUT2D eigenvalue weighted by Crippen LogP contribution is -2.02. The van der Waals surface area contributed by atoms with E-state index in [1.54, 1.807) is 30.6 Å². The fourth-order valence-corrected chi connectivity index (χ4v) is 1.36. The zero-order valence-corrected chi connectivity index (χ0v) is 8.68. The molecule has 0 fully saturated rings. The number of aromatic nitrogens is 2. The Morgan fingerprint density at radius 3 is 3.12 bits per heavy atom. The zero-order chi connectivity index (χ0) is 11.2. The third-order valence-corrected chi connectivity index (χ3v) is 2.13. The molecule has 0 spiro atoms. The van der Waals surface area contributed by atoms with Crippen molar-refractivity contribution < 1.29 is 4.74 Å². The Morgan fingerprint density at radius 1 is 1.44 bits per heavy atom. The van der Waals surface area contributed by atoms with Gasteiger partial charge in [0, 0.05) is 18.8 Å². The van der Waals surface area contributed by atoms with Gasteiger partial charge in [-0.15, -0.1) is 0 Å². The molecule has 0 unspecified atom stereocenters. The normalized spacial score (nSPS) is 9.69. The van der Waals surface area contributed by atoms with E-state index in [-0.39, 0.29) is 0 Å². The first kappa shape index (κ1) is 10.2. The van der Waals surface area contributed by atoms with E-state index in [1.165, 1.54) is 0 Å². The predicted molar refractivity (Wildman–Crippen MR) is 58.9 cm³/mol. The van der Waals surface area contributed by atoms with Crippen LogP contribution in [0, 0.1) is 11.3 Å². The largest absolute Gasteiger partial charge is 0.493 e. The minimum atomic E-state index is 0.544. The highest BCUT2D eigenvalue weighted by Crippen LogP contribution is 2.12. The summed E-state index contributed by atoms with van der Waals surface area (Å²) in [5, 5.41) is 8.72. The van der Waals surface area contributed by atoms with Gasteiger partial charge < -0.3 is 9.72 Å². The van der Waals surface area contributed by atoms with Gasteiger partial charge in [-0.2, -0.15) is 5.26 Å². The lowest BCUT2D eigenvalue weighted by atomic mass is 10.2. The van der Waals surface area contributed by atoms with E-state index in [1.807, 2.05) is 6.07 Å². The number of nitrogens with zero attached hydrogens (tertiary/aromatic N) is 2. The molecule has 0 saturated carbocycles. The summed E-state index contributed by atoms with van der Waals surface area (Å²) >= 11 is 0. The molecule has 2 aromatic rings. The van der Waals surface area contributed by atoms with Crippen molar-refractivity contribution in [3.8, 4) is 11.8 Å². The van der Waals surface area contributed by atoms with Crippen LogP contribution in [0.4, 0.5) is 0 Å². The van der Waals surface area contributed by atoms with Crippen molar-refractivity contribution in [2.45, 2.75) is 6.42 Å². The van der Waals surface area contributed by atoms with Crippen LogP contribution in [0.25, 0.3) is 0 Å². The summed E-state index contributed by atoms with van der Waals surface area (Å²) < 4.78 is 5.51. The third kappa shape index (κ3) is 2.61. The molecule has 2 rings (SSSR count). The minimum Gasteiger partial charge on any atom is -0.493 e. The van der Waals surface area contributed by atoms with Gasteiger partial charge in [0.25, 0.3) is 0 Å². The Hall–Kier alpha value is -2.28. The van der Waals surface area contributed by atoms with Crippen LogP contribution in [0.3, 0.4) is 0 Å². The molecule has 16 heavy (non-hydrogen) atoms. The Kier molecular flexibility index (Phi) is 3.19. The van der Waals surface area contributed by atoms with E-state index >= 15 is 0 Å². The quantitative estimate of drug-likeness (QED) is 0.843. The molecule has 0 aliphatic carbocycles. The van der Waals surface area contributed by atoms with Crippen molar-refractivity contribution >= 4 is 0 Å². The first-order valence-corrected chi connectivity index (χ1v) is 5.00. The number of H-pyrrole nitrogens is 1. The number of hydrogen-bond acceptors (Lipinski definition) is 3. The Labute approximate surface area is 93.5 Å². The Morgan fingerprint density at radius 2 is 2.38 bits per heavy atom. The van der Waals surface area contributed by atoms with Crippen LogP contribution < -0.4 is 4.74 Å². The van der Waals surface area contributed by atoms with Crippen LogP contribution >= 0.6 is 0 Å². The summed E-state index contributed by atoms with van der Waals surface area (Å²) in [5.74, 6) is 1.61. The summed E-state index contributed by atoms with van der Waals surface area (Å²) in [7, 11) is 0. The van der Waals surface area contributed by atoms with Crippen molar-refractivity contribution in [1.82, 2.24) is 9.97 Å². The van der Waals surface area contributed by atoms with Crippen LogP contribution in [-0.2, 0) is 6.42 Å². The Bertz CT molecular complexity index is 485. The second kappa shape index (κ2) is 4.99. The monoisotopic (exact) mass is 213 g/mol. The van der Waals surface area contributed by atoms with Crippen LogP contribution in [0.2, 0.25) is 0 Å². The molecule has 0 saturated heterocycles. The summed E-state index contributed by atoms with van der Waals surface area (Å²) in [5.41, 5.74) is 0.607. The standard InChI is InChI=1S/C12H11N3O/c13-9-10-2-1-3-11(8-10)16-7-4-12-14-5-6-15-12/h1-3,5-6,8H,4,7H2,(H,14,15). The summed E-state index contributed by atoms with van der Waals surface area (Å²) in [6, 6.07) is 9.19. The number of benzene rings is 1. The smallest absolute Gasteiger partial charge is 0.120 e. The number of rotatable bonds is 4. The van der Waals surface area contributed by atoms with Crippen LogP contribution in [0.5, 0.6) is 5.75 Å². The molecule has 0 bridgehead atoms. The summed E-state index contributed by atoms with van der Waals surface area (Å²) in [4.78, 5) is 7.10. The fraction of sp³-hybridized carbons (Fsp3) is 0.167. The molecule has 4 heteroatoms. The summed E-state index contributed by atoms with van der Waals surface area (Å²) in [6.07, 6.45) is 4.22. The van der Waals surface area contributed by atoms with E-state index in [9.17, 15) is 0 Å². The first-order chi connectivity index (χ1) is 7.88. The molecule has 1 aromatic heterocycles. The van der Waals surface area contributed by atoms with E-state index in [0.717, 1.165) is 12.2 Å². The molecule has 4 nitrogen and oxygen atoms in total. The van der Waals surface area contributed by atoms with Crippen LogP contribution in [-0.4, -0.2) is 16.6 Å². The average molecular weight is 213 g/mol. The SMILES string of the molecule is N#Cc1cccc(OCCc2ncc[nH]2)c1. The molecule has 80 valence electrons. The molecule has 0 aliphatic rings. The third-order valence-electron chi connectivity index (χ3n) is 2.13. The second-order valence-electron chi connectivity index (χ2n) is 3.27. The van der Waals surface area contributed by atoms with E-state index in [4.69, 9.17) is 10.00 Å². The highest BCUT2D eigenvalue weighted by molar-refractivity contribution is 5.36. The number of ether oxygens (including phenoxy) is 1. The molecule has 1 heterocycles.